The molecule has 2 heterocycles. The molecule has 4 rings (SSSR count). The predicted octanol–water partition coefficient (Wildman–Crippen LogP) is 3.01. The van der Waals surface area contributed by atoms with Crippen molar-refractivity contribution in [3.05, 3.63) is 42.0 Å². The van der Waals surface area contributed by atoms with Crippen LogP contribution in [-0.2, 0) is 9.59 Å². The van der Waals surface area contributed by atoms with Gasteiger partial charge in [-0.25, -0.2) is 4.90 Å². The van der Waals surface area contributed by atoms with Crippen LogP contribution in [0.2, 0.25) is 0 Å². The van der Waals surface area contributed by atoms with Gasteiger partial charge in [0.15, 0.2) is 0 Å². The van der Waals surface area contributed by atoms with Crippen molar-refractivity contribution in [3.8, 4) is 0 Å². The largest absolute Gasteiger partial charge is 0.339 e. The molecule has 2 fully saturated rings. The van der Waals surface area contributed by atoms with Gasteiger partial charge in [-0.3, -0.25) is 14.4 Å². The van der Waals surface area contributed by atoms with Crippen molar-refractivity contribution in [3.63, 3.8) is 0 Å². The average Bonchev–Trinajstić information content (AvgIpc) is 2.93. The molecule has 0 unspecified atom stereocenters. The van der Waals surface area contributed by atoms with Gasteiger partial charge in [-0.2, -0.15) is 0 Å². The van der Waals surface area contributed by atoms with Crippen LogP contribution in [0.4, 0.5) is 5.69 Å². The molecule has 1 aromatic rings. The van der Waals surface area contributed by atoms with Crippen LogP contribution in [-0.4, -0.2) is 35.7 Å². The quantitative estimate of drug-likeness (QED) is 0.607. The first-order chi connectivity index (χ1) is 12.6. The number of amides is 3. The molecule has 1 aliphatic carbocycles. The van der Waals surface area contributed by atoms with Crippen molar-refractivity contribution in [2.45, 2.75) is 32.6 Å². The Bertz CT molecular complexity index is 751. The summed E-state index contributed by atoms with van der Waals surface area (Å²) in [6, 6.07) is 7.03. The Morgan fingerprint density at radius 2 is 1.54 bits per heavy atom. The minimum absolute atomic E-state index is 0.0823. The van der Waals surface area contributed by atoms with Crippen molar-refractivity contribution in [1.82, 2.24) is 4.90 Å². The van der Waals surface area contributed by atoms with Crippen molar-refractivity contribution >= 4 is 23.4 Å². The number of hydrogen-bond donors (Lipinski definition) is 0. The van der Waals surface area contributed by atoms with Crippen molar-refractivity contribution in [2.75, 3.05) is 18.0 Å². The summed E-state index contributed by atoms with van der Waals surface area (Å²) in [4.78, 5) is 42.0. The van der Waals surface area contributed by atoms with Crippen LogP contribution in [0.5, 0.6) is 0 Å². The number of anilines is 1. The summed E-state index contributed by atoms with van der Waals surface area (Å²) in [5.74, 6) is -0.362. The lowest BCUT2D eigenvalue weighted by molar-refractivity contribution is -0.122. The molecule has 5 heteroatoms. The summed E-state index contributed by atoms with van der Waals surface area (Å²) in [6.07, 6.45) is 7.14. The number of allylic oxidation sites excluding steroid dienone is 2. The second kappa shape index (κ2) is 6.71. The zero-order valence-electron chi connectivity index (χ0n) is 15.1. The molecule has 0 aromatic heterocycles. The minimum Gasteiger partial charge on any atom is -0.339 e. The smallest absolute Gasteiger partial charge is 0.255 e. The van der Waals surface area contributed by atoms with Crippen LogP contribution in [0.25, 0.3) is 0 Å². The fourth-order valence-corrected chi connectivity index (χ4v) is 4.27. The van der Waals surface area contributed by atoms with Gasteiger partial charge in [0.2, 0.25) is 11.8 Å². The third-order valence-corrected chi connectivity index (χ3v) is 5.95. The van der Waals surface area contributed by atoms with E-state index < -0.39 is 0 Å². The molecule has 0 radical (unpaired) electrons. The number of fused-ring (bicyclic) bond motifs is 1. The highest BCUT2D eigenvalue weighted by molar-refractivity contribution is 6.24. The second-order valence-electron chi connectivity index (χ2n) is 7.66. The number of carbonyl (C=O) groups excluding carboxylic acids is 3. The van der Waals surface area contributed by atoms with Crippen molar-refractivity contribution < 1.29 is 14.4 Å². The van der Waals surface area contributed by atoms with Gasteiger partial charge in [-0.15, -0.1) is 0 Å². The van der Waals surface area contributed by atoms with Gasteiger partial charge >= 0.3 is 0 Å². The number of nitrogens with zero attached hydrogens (tertiary/aromatic N) is 2. The lowest BCUT2D eigenvalue weighted by Crippen LogP contribution is -2.39. The van der Waals surface area contributed by atoms with Crippen LogP contribution < -0.4 is 4.90 Å². The van der Waals surface area contributed by atoms with E-state index in [2.05, 4.69) is 6.92 Å². The van der Waals surface area contributed by atoms with E-state index >= 15 is 0 Å². The molecule has 1 aromatic carbocycles. The van der Waals surface area contributed by atoms with E-state index in [1.54, 1.807) is 24.3 Å². The van der Waals surface area contributed by atoms with Crippen molar-refractivity contribution in [1.29, 1.82) is 0 Å². The Balaban J connectivity index is 1.65. The maximum absolute atomic E-state index is 13.1. The van der Waals surface area contributed by atoms with Gasteiger partial charge < -0.3 is 4.90 Å². The maximum Gasteiger partial charge on any atom is 0.255 e. The first-order valence-electron chi connectivity index (χ1n) is 9.49. The highest BCUT2D eigenvalue weighted by atomic mass is 16.2. The molecule has 0 spiro atoms. The number of hydrogen-bond acceptors (Lipinski definition) is 3. The van der Waals surface area contributed by atoms with Crippen LogP contribution >= 0.6 is 0 Å². The summed E-state index contributed by atoms with van der Waals surface area (Å²) in [5.41, 5.74) is 0.899. The average molecular weight is 352 g/mol. The van der Waals surface area contributed by atoms with E-state index in [-0.39, 0.29) is 29.6 Å². The molecular formula is C21H24N2O3. The summed E-state index contributed by atoms with van der Waals surface area (Å²) >= 11 is 0. The first-order valence-corrected chi connectivity index (χ1v) is 9.49. The number of piperidine rings is 1. The van der Waals surface area contributed by atoms with E-state index in [0.29, 0.717) is 30.0 Å². The van der Waals surface area contributed by atoms with Gasteiger partial charge in [0.1, 0.15) is 0 Å². The molecule has 2 atom stereocenters. The molecule has 2 saturated heterocycles. The number of likely N-dealkylation sites (tertiary alicyclic amines) is 1. The first kappa shape index (κ1) is 17.0. The van der Waals surface area contributed by atoms with E-state index in [4.69, 9.17) is 0 Å². The zero-order chi connectivity index (χ0) is 18.3. The summed E-state index contributed by atoms with van der Waals surface area (Å²) in [5, 5.41) is 0. The number of rotatable bonds is 2. The standard InChI is InChI=1S/C21H24N2O3/c1-14-10-12-22(13-11-14)19(24)17-8-4-5-9-18(17)23-20(25)15-6-2-3-7-16(15)21(23)26/h2-5,8-9,14-16H,6-7,10-13H2,1H3/t15-,16+. The van der Waals surface area contributed by atoms with Crippen molar-refractivity contribution in [2.24, 2.45) is 17.8 Å². The van der Waals surface area contributed by atoms with Gasteiger partial charge in [0.05, 0.1) is 23.1 Å². The number of benzene rings is 1. The van der Waals surface area contributed by atoms with Crippen LogP contribution in [0, 0.1) is 17.8 Å². The second-order valence-corrected chi connectivity index (χ2v) is 7.66. The van der Waals surface area contributed by atoms with Crippen LogP contribution in [0.1, 0.15) is 43.0 Å². The normalized spacial score (nSPS) is 26.3. The summed E-state index contributed by atoms with van der Waals surface area (Å²) < 4.78 is 0. The highest BCUT2D eigenvalue weighted by Gasteiger charge is 2.48. The van der Waals surface area contributed by atoms with Gasteiger partial charge in [0.25, 0.3) is 5.91 Å². The Labute approximate surface area is 153 Å². The molecule has 3 aliphatic rings. The SMILES string of the molecule is CC1CCN(C(=O)c2ccccc2N2C(=O)[C@H]3CC=CC[C@H]3C2=O)CC1. The van der Waals surface area contributed by atoms with E-state index in [0.717, 1.165) is 25.9 Å². The van der Waals surface area contributed by atoms with E-state index in [1.165, 1.54) is 4.90 Å². The topological polar surface area (TPSA) is 57.7 Å². The molecule has 5 nitrogen and oxygen atoms in total. The third kappa shape index (κ3) is 2.75. The van der Waals surface area contributed by atoms with Gasteiger partial charge in [0, 0.05) is 13.1 Å². The Hall–Kier alpha value is -2.43. The fourth-order valence-electron chi connectivity index (χ4n) is 4.27. The van der Waals surface area contributed by atoms with Crippen LogP contribution in [0.3, 0.4) is 0 Å². The number of carbonyl (C=O) groups is 3. The maximum atomic E-state index is 13.1. The molecule has 0 saturated carbocycles. The molecule has 2 aliphatic heterocycles. The Morgan fingerprint density at radius 3 is 2.15 bits per heavy atom. The Morgan fingerprint density at radius 1 is 0.962 bits per heavy atom. The highest BCUT2D eigenvalue weighted by Crippen LogP contribution is 2.39. The monoisotopic (exact) mass is 352 g/mol. The molecule has 0 bridgehead atoms. The lowest BCUT2D eigenvalue weighted by Gasteiger charge is -2.31. The third-order valence-electron chi connectivity index (χ3n) is 5.95. The van der Waals surface area contributed by atoms with Crippen LogP contribution in [0.15, 0.2) is 36.4 Å². The molecule has 0 N–H and O–H groups in total. The summed E-state index contributed by atoms with van der Waals surface area (Å²) in [6.45, 7) is 3.66. The van der Waals surface area contributed by atoms with Gasteiger partial charge in [-0.1, -0.05) is 31.2 Å². The fraction of sp³-hybridized carbons (Fsp3) is 0.476. The Kier molecular flexibility index (Phi) is 4.39. The summed E-state index contributed by atoms with van der Waals surface area (Å²) in [7, 11) is 0. The number of para-hydroxylation sites is 1. The minimum atomic E-state index is -0.286. The molecule has 136 valence electrons. The zero-order valence-corrected chi connectivity index (χ0v) is 15.1. The molecule has 26 heavy (non-hydrogen) atoms. The molecule has 3 amide bonds. The predicted molar refractivity (Wildman–Crippen MR) is 98.6 cm³/mol. The van der Waals surface area contributed by atoms with E-state index in [1.807, 2.05) is 17.1 Å². The number of imide groups is 1. The van der Waals surface area contributed by atoms with Gasteiger partial charge in [-0.05, 0) is 43.7 Å². The van der Waals surface area contributed by atoms with E-state index in [9.17, 15) is 14.4 Å². The molecular weight excluding hydrogens is 328 g/mol. The lowest BCUT2D eigenvalue weighted by atomic mass is 9.85.